The Hall–Kier alpha value is -2.70. The number of carbonyl (C=O) groups excluding carboxylic acids is 1. The Morgan fingerprint density at radius 1 is 0.919 bits per heavy atom. The lowest BCUT2D eigenvalue weighted by molar-refractivity contribution is 0.0950. The molecule has 0 unspecified atom stereocenters. The van der Waals surface area contributed by atoms with E-state index in [1.165, 1.54) is 12.3 Å². The minimum Gasteiger partial charge on any atom is -0.488 e. The van der Waals surface area contributed by atoms with Crippen molar-refractivity contribution in [1.29, 1.82) is 0 Å². The summed E-state index contributed by atoms with van der Waals surface area (Å²) in [6.45, 7) is 0.281. The van der Waals surface area contributed by atoms with E-state index in [4.69, 9.17) is 21.1 Å². The summed E-state index contributed by atoms with van der Waals surface area (Å²) in [6, 6.07) is 24.5. The summed E-state index contributed by atoms with van der Waals surface area (Å²) in [6.07, 6.45) is 1.51. The van der Waals surface area contributed by atoms with Crippen LogP contribution in [0, 0.1) is 13.0 Å². The Morgan fingerprint density at radius 3 is 2.38 bits per heavy atom. The minimum atomic E-state index is -0.430. The number of amides is 1. The van der Waals surface area contributed by atoms with Crippen molar-refractivity contribution in [3.8, 4) is 11.5 Å². The highest BCUT2D eigenvalue weighted by Gasteiger charge is 2.14. The van der Waals surface area contributed by atoms with Crippen molar-refractivity contribution in [2.75, 3.05) is 0 Å². The van der Waals surface area contributed by atoms with Crippen molar-refractivity contribution in [3.05, 3.63) is 125 Å². The predicted molar refractivity (Wildman–Crippen MR) is 160 cm³/mol. The second-order valence-electron chi connectivity index (χ2n) is 7.76. The van der Waals surface area contributed by atoms with Crippen molar-refractivity contribution >= 4 is 68.9 Å². The molecule has 0 saturated carbocycles. The number of halogens is 4. The molecule has 0 aromatic heterocycles. The Balaban J connectivity index is 1.47. The number of nitrogens with one attached hydrogen (secondary N) is 1. The Kier molecular flexibility index (Phi) is 9.75. The lowest BCUT2D eigenvalue weighted by Gasteiger charge is -2.13. The summed E-state index contributed by atoms with van der Waals surface area (Å²) < 4.78 is 27.7. The third-order valence-electron chi connectivity index (χ3n) is 5.21. The van der Waals surface area contributed by atoms with Crippen LogP contribution in [0.5, 0.6) is 11.5 Å². The average molecular weight is 741 g/mol. The zero-order valence-electron chi connectivity index (χ0n) is 19.3. The molecule has 0 heterocycles. The van der Waals surface area contributed by atoms with Gasteiger partial charge in [0.2, 0.25) is 0 Å². The summed E-state index contributed by atoms with van der Waals surface area (Å²) in [5, 5.41) is 4.74. The smallest absolute Gasteiger partial charge is 0.275 e. The Bertz CT molecular complexity index is 1450. The molecule has 0 fully saturated rings. The van der Waals surface area contributed by atoms with Crippen molar-refractivity contribution in [2.24, 2.45) is 5.10 Å². The lowest BCUT2D eigenvalue weighted by atomic mass is 10.2. The van der Waals surface area contributed by atoms with Gasteiger partial charge in [-0.05, 0) is 81.6 Å². The van der Waals surface area contributed by atoms with Crippen molar-refractivity contribution in [2.45, 2.75) is 13.2 Å². The molecular formula is C28H20ClFI2N2O3. The number of nitrogens with zero attached hydrogens (tertiary/aromatic N) is 1. The number of hydrogen-bond donors (Lipinski definition) is 1. The Morgan fingerprint density at radius 2 is 1.59 bits per heavy atom. The molecule has 9 heteroatoms. The monoisotopic (exact) mass is 740 g/mol. The van der Waals surface area contributed by atoms with Gasteiger partial charge in [0.1, 0.15) is 30.5 Å². The lowest BCUT2D eigenvalue weighted by Crippen LogP contribution is -2.19. The summed E-state index contributed by atoms with van der Waals surface area (Å²) in [5.74, 6) is 0.194. The molecule has 0 aliphatic rings. The summed E-state index contributed by atoms with van der Waals surface area (Å²) >= 11 is 10.6. The normalized spacial score (nSPS) is 10.9. The van der Waals surface area contributed by atoms with E-state index in [1.807, 2.05) is 30.3 Å². The molecule has 4 aromatic rings. The molecule has 0 aliphatic heterocycles. The van der Waals surface area contributed by atoms with Gasteiger partial charge in [0.25, 0.3) is 5.91 Å². The van der Waals surface area contributed by atoms with E-state index in [9.17, 15) is 9.18 Å². The van der Waals surface area contributed by atoms with Crippen LogP contribution in [0.1, 0.15) is 27.0 Å². The zero-order valence-corrected chi connectivity index (χ0v) is 24.3. The number of benzene rings is 4. The molecule has 1 amide bonds. The van der Waals surface area contributed by atoms with Crippen LogP contribution in [-0.2, 0) is 13.2 Å². The number of carbonyl (C=O) groups is 1. The van der Waals surface area contributed by atoms with E-state index in [-0.39, 0.29) is 19.0 Å². The van der Waals surface area contributed by atoms with Gasteiger partial charge in [-0.15, -0.1) is 0 Å². The zero-order chi connectivity index (χ0) is 26.2. The molecule has 5 nitrogen and oxygen atoms in total. The quantitative estimate of drug-likeness (QED) is 0.109. The van der Waals surface area contributed by atoms with Gasteiger partial charge in [-0.2, -0.15) is 5.10 Å². The molecule has 0 aliphatic carbocycles. The van der Waals surface area contributed by atoms with E-state index in [0.29, 0.717) is 33.2 Å². The van der Waals surface area contributed by atoms with Gasteiger partial charge < -0.3 is 9.47 Å². The standard InChI is InChI=1S/C28H20ClFI2N2O3/c29-23-10-4-1-7-18(23)16-36-26-12-6-3-9-22(26)28(35)34-33-15-20-13-21(31)14-25(32)27(20)37-17-19-8-2-5-11-24(19)30/h1-15H,16-17H2,(H,34,35)/b33-15+. The van der Waals surface area contributed by atoms with Gasteiger partial charge in [0, 0.05) is 25.3 Å². The third-order valence-corrected chi connectivity index (χ3v) is 7.00. The van der Waals surface area contributed by atoms with Gasteiger partial charge in [0.15, 0.2) is 0 Å². The van der Waals surface area contributed by atoms with Crippen molar-refractivity contribution in [1.82, 2.24) is 5.43 Å². The predicted octanol–water partition coefficient (Wildman–Crippen LogP) is 7.61. The van der Waals surface area contributed by atoms with Gasteiger partial charge in [-0.3, -0.25) is 4.79 Å². The topological polar surface area (TPSA) is 59.9 Å². The summed E-state index contributed by atoms with van der Waals surface area (Å²) in [4.78, 5) is 12.9. The molecule has 4 rings (SSSR count). The van der Waals surface area contributed by atoms with Crippen LogP contribution >= 0.6 is 56.8 Å². The van der Waals surface area contributed by atoms with E-state index in [0.717, 1.165) is 12.7 Å². The van der Waals surface area contributed by atoms with E-state index in [1.54, 1.807) is 48.5 Å². The van der Waals surface area contributed by atoms with Crippen LogP contribution < -0.4 is 14.9 Å². The molecule has 0 bridgehead atoms. The first kappa shape index (κ1) is 27.3. The molecule has 0 radical (unpaired) electrons. The molecule has 37 heavy (non-hydrogen) atoms. The van der Waals surface area contributed by atoms with Crippen LogP contribution in [0.4, 0.5) is 4.39 Å². The first-order valence-electron chi connectivity index (χ1n) is 11.1. The van der Waals surface area contributed by atoms with Crippen LogP contribution in [0.3, 0.4) is 0 Å². The number of rotatable bonds is 9. The SMILES string of the molecule is O=C(N/N=C/c1cc(I)cc(I)c1OCc1ccccc1F)c1ccccc1OCc1ccccc1Cl. The highest BCUT2D eigenvalue weighted by molar-refractivity contribution is 14.1. The van der Waals surface area contributed by atoms with Gasteiger partial charge in [-0.1, -0.05) is 60.1 Å². The number of hydrazone groups is 1. The number of ether oxygens (including phenoxy) is 2. The second kappa shape index (κ2) is 13.2. The summed E-state index contributed by atoms with van der Waals surface area (Å²) in [5.41, 5.74) is 4.79. The maximum absolute atomic E-state index is 14.0. The van der Waals surface area contributed by atoms with Crippen LogP contribution in [0.2, 0.25) is 5.02 Å². The largest absolute Gasteiger partial charge is 0.488 e. The van der Waals surface area contributed by atoms with E-state index < -0.39 is 5.91 Å². The van der Waals surface area contributed by atoms with E-state index in [2.05, 4.69) is 55.7 Å². The molecule has 1 N–H and O–H groups in total. The fourth-order valence-electron chi connectivity index (χ4n) is 3.37. The first-order chi connectivity index (χ1) is 17.9. The maximum Gasteiger partial charge on any atom is 0.275 e. The van der Waals surface area contributed by atoms with Gasteiger partial charge in [-0.25, -0.2) is 9.82 Å². The van der Waals surface area contributed by atoms with Gasteiger partial charge in [0.05, 0.1) is 15.3 Å². The fraction of sp³-hybridized carbons (Fsp3) is 0.0714. The van der Waals surface area contributed by atoms with E-state index >= 15 is 0 Å². The van der Waals surface area contributed by atoms with Crippen molar-refractivity contribution < 1.29 is 18.7 Å². The molecule has 4 aromatic carbocycles. The molecular weight excluding hydrogens is 721 g/mol. The van der Waals surface area contributed by atoms with Crippen LogP contribution in [-0.4, -0.2) is 12.1 Å². The Labute approximate surface area is 246 Å². The first-order valence-corrected chi connectivity index (χ1v) is 13.6. The van der Waals surface area contributed by atoms with Gasteiger partial charge >= 0.3 is 0 Å². The molecule has 0 saturated heterocycles. The number of hydrogen-bond acceptors (Lipinski definition) is 4. The maximum atomic E-state index is 14.0. The third kappa shape index (κ3) is 7.42. The molecule has 188 valence electrons. The average Bonchev–Trinajstić information content (AvgIpc) is 2.88. The number of para-hydroxylation sites is 1. The van der Waals surface area contributed by atoms with Crippen molar-refractivity contribution in [3.63, 3.8) is 0 Å². The fourth-order valence-corrected chi connectivity index (χ4v) is 5.60. The van der Waals surface area contributed by atoms with Crippen LogP contribution in [0.25, 0.3) is 0 Å². The minimum absolute atomic E-state index is 0.0621. The molecule has 0 atom stereocenters. The summed E-state index contributed by atoms with van der Waals surface area (Å²) in [7, 11) is 0. The highest BCUT2D eigenvalue weighted by atomic mass is 127. The molecule has 0 spiro atoms. The van der Waals surface area contributed by atoms with Crippen LogP contribution in [0.15, 0.2) is 90.0 Å². The second-order valence-corrected chi connectivity index (χ2v) is 10.6. The highest BCUT2D eigenvalue weighted by Crippen LogP contribution is 2.28.